The Hall–Kier alpha value is -1.33. The number of carbonyl (C=O) groups excluding carboxylic acids is 1. The molecule has 5 heteroatoms. The van der Waals surface area contributed by atoms with Crippen molar-refractivity contribution in [2.24, 2.45) is 5.92 Å². The number of nitrogens with zero attached hydrogens (tertiary/aromatic N) is 3. The molecule has 2 unspecified atom stereocenters. The van der Waals surface area contributed by atoms with Crippen LogP contribution >= 0.6 is 0 Å². The molecule has 4 heterocycles. The van der Waals surface area contributed by atoms with Gasteiger partial charge in [-0.2, -0.15) is 0 Å². The minimum Gasteiger partial charge on any atom is -0.472 e. The van der Waals surface area contributed by atoms with Crippen LogP contribution in [0.15, 0.2) is 23.0 Å². The fourth-order valence-corrected chi connectivity index (χ4v) is 5.38. The molecule has 25 heavy (non-hydrogen) atoms. The van der Waals surface area contributed by atoms with Crippen LogP contribution in [0.2, 0.25) is 0 Å². The van der Waals surface area contributed by atoms with Crippen molar-refractivity contribution in [2.75, 3.05) is 32.7 Å². The van der Waals surface area contributed by atoms with Crippen LogP contribution < -0.4 is 0 Å². The first kappa shape index (κ1) is 17.1. The third-order valence-corrected chi connectivity index (χ3v) is 6.39. The highest BCUT2D eigenvalue weighted by Gasteiger charge is 2.46. The Kier molecular flexibility index (Phi) is 4.87. The first-order valence-electron chi connectivity index (χ1n) is 9.94. The summed E-state index contributed by atoms with van der Waals surface area (Å²) < 4.78 is 5.09. The van der Waals surface area contributed by atoms with Gasteiger partial charge in [-0.05, 0) is 64.6 Å². The van der Waals surface area contributed by atoms with Crippen molar-refractivity contribution in [1.29, 1.82) is 0 Å². The summed E-state index contributed by atoms with van der Waals surface area (Å²) in [6.07, 6.45) is 8.20. The maximum absolute atomic E-state index is 12.7. The molecule has 3 aliphatic heterocycles. The molecule has 0 bridgehead atoms. The van der Waals surface area contributed by atoms with E-state index in [1.807, 2.05) is 4.90 Å². The lowest BCUT2D eigenvalue weighted by atomic mass is 9.91. The van der Waals surface area contributed by atoms with Gasteiger partial charge in [0, 0.05) is 37.8 Å². The lowest BCUT2D eigenvalue weighted by Crippen LogP contribution is -2.51. The second kappa shape index (κ2) is 7.12. The molecule has 3 atom stereocenters. The topological polar surface area (TPSA) is 39.9 Å². The SMILES string of the molecule is CC(C)N1C2CCN(C(=O)c3ccoc3)CC2C[C@H]1CN1CCCC1. The van der Waals surface area contributed by atoms with Crippen molar-refractivity contribution >= 4 is 5.91 Å². The van der Waals surface area contributed by atoms with Gasteiger partial charge >= 0.3 is 0 Å². The Morgan fingerprint density at radius 3 is 2.76 bits per heavy atom. The van der Waals surface area contributed by atoms with Crippen molar-refractivity contribution < 1.29 is 9.21 Å². The molecular weight excluding hydrogens is 314 g/mol. The average Bonchev–Trinajstić information content (AvgIpc) is 3.34. The number of fused-ring (bicyclic) bond motifs is 1. The van der Waals surface area contributed by atoms with Crippen LogP contribution in [-0.2, 0) is 0 Å². The fourth-order valence-electron chi connectivity index (χ4n) is 5.38. The Balaban J connectivity index is 1.44. The van der Waals surface area contributed by atoms with Crippen LogP contribution in [0, 0.1) is 5.92 Å². The van der Waals surface area contributed by atoms with Crippen LogP contribution in [0.1, 0.15) is 49.9 Å². The van der Waals surface area contributed by atoms with E-state index in [4.69, 9.17) is 4.42 Å². The molecule has 3 aliphatic rings. The average molecular weight is 345 g/mol. The Labute approximate surface area is 150 Å². The number of rotatable bonds is 4. The predicted octanol–water partition coefficient (Wildman–Crippen LogP) is 2.69. The highest BCUT2D eigenvalue weighted by atomic mass is 16.3. The third-order valence-electron chi connectivity index (χ3n) is 6.39. The number of hydrogen-bond donors (Lipinski definition) is 0. The van der Waals surface area contributed by atoms with Crippen LogP contribution in [0.3, 0.4) is 0 Å². The first-order chi connectivity index (χ1) is 12.1. The number of carbonyl (C=O) groups is 1. The molecule has 1 amide bonds. The van der Waals surface area contributed by atoms with E-state index in [0.29, 0.717) is 29.6 Å². The normalized spacial score (nSPS) is 31.0. The molecular formula is C20H31N3O2. The van der Waals surface area contributed by atoms with E-state index in [1.165, 1.54) is 38.9 Å². The summed E-state index contributed by atoms with van der Waals surface area (Å²) in [6.45, 7) is 10.2. The molecule has 3 fully saturated rings. The fraction of sp³-hybridized carbons (Fsp3) is 0.750. The largest absolute Gasteiger partial charge is 0.472 e. The lowest BCUT2D eigenvalue weighted by Gasteiger charge is -2.40. The van der Waals surface area contributed by atoms with Crippen LogP contribution in [-0.4, -0.2) is 71.5 Å². The van der Waals surface area contributed by atoms with Crippen LogP contribution in [0.25, 0.3) is 0 Å². The first-order valence-corrected chi connectivity index (χ1v) is 9.94. The summed E-state index contributed by atoms with van der Waals surface area (Å²) >= 11 is 0. The highest BCUT2D eigenvalue weighted by molar-refractivity contribution is 5.93. The van der Waals surface area contributed by atoms with E-state index >= 15 is 0 Å². The zero-order chi connectivity index (χ0) is 17.4. The molecule has 4 rings (SSSR count). The van der Waals surface area contributed by atoms with E-state index in [-0.39, 0.29) is 5.91 Å². The van der Waals surface area contributed by atoms with Crippen molar-refractivity contribution in [3.8, 4) is 0 Å². The van der Waals surface area contributed by atoms with Gasteiger partial charge in [-0.15, -0.1) is 0 Å². The van der Waals surface area contributed by atoms with E-state index < -0.39 is 0 Å². The monoisotopic (exact) mass is 345 g/mol. The standard InChI is InChI=1S/C20H31N3O2/c1-15(2)23-18(13-21-7-3-4-8-21)11-17-12-22(9-5-19(17)23)20(24)16-6-10-25-14-16/h6,10,14-15,17-19H,3-5,7-9,11-13H2,1-2H3/t17?,18-,19?/m0/s1. The second-order valence-electron chi connectivity index (χ2n) is 8.32. The Morgan fingerprint density at radius 1 is 1.28 bits per heavy atom. The van der Waals surface area contributed by atoms with Crippen molar-refractivity contribution in [1.82, 2.24) is 14.7 Å². The second-order valence-corrected chi connectivity index (χ2v) is 8.32. The summed E-state index contributed by atoms with van der Waals surface area (Å²) in [5, 5.41) is 0. The number of amides is 1. The van der Waals surface area contributed by atoms with Crippen molar-refractivity contribution in [3.63, 3.8) is 0 Å². The smallest absolute Gasteiger partial charge is 0.257 e. The zero-order valence-corrected chi connectivity index (χ0v) is 15.6. The van der Waals surface area contributed by atoms with Gasteiger partial charge in [-0.25, -0.2) is 0 Å². The highest BCUT2D eigenvalue weighted by Crippen LogP contribution is 2.38. The Morgan fingerprint density at radius 2 is 2.08 bits per heavy atom. The molecule has 0 saturated carbocycles. The van der Waals surface area contributed by atoms with E-state index in [0.717, 1.165) is 19.5 Å². The number of furan rings is 1. The minimum atomic E-state index is 0.131. The van der Waals surface area contributed by atoms with Crippen molar-refractivity contribution in [2.45, 2.75) is 57.7 Å². The predicted molar refractivity (Wildman–Crippen MR) is 97.6 cm³/mol. The van der Waals surface area contributed by atoms with Crippen LogP contribution in [0.4, 0.5) is 0 Å². The Bertz CT molecular complexity index is 580. The lowest BCUT2D eigenvalue weighted by molar-refractivity contribution is 0.0515. The molecule has 0 radical (unpaired) electrons. The molecule has 1 aromatic rings. The molecule has 138 valence electrons. The molecule has 1 aromatic heterocycles. The van der Waals surface area contributed by atoms with Gasteiger partial charge in [0.25, 0.3) is 5.91 Å². The summed E-state index contributed by atoms with van der Waals surface area (Å²) in [5.74, 6) is 0.742. The molecule has 0 aromatic carbocycles. The summed E-state index contributed by atoms with van der Waals surface area (Å²) in [6, 6.07) is 3.65. The van der Waals surface area contributed by atoms with E-state index in [9.17, 15) is 4.79 Å². The van der Waals surface area contributed by atoms with E-state index in [2.05, 4.69) is 23.6 Å². The number of likely N-dealkylation sites (tertiary alicyclic amines) is 3. The number of piperidine rings is 1. The van der Waals surface area contributed by atoms with Crippen LogP contribution in [0.5, 0.6) is 0 Å². The van der Waals surface area contributed by atoms with Gasteiger partial charge in [0.2, 0.25) is 0 Å². The van der Waals surface area contributed by atoms with Gasteiger partial charge < -0.3 is 14.2 Å². The van der Waals surface area contributed by atoms with Gasteiger partial charge in [0.1, 0.15) is 6.26 Å². The maximum Gasteiger partial charge on any atom is 0.257 e. The molecule has 3 saturated heterocycles. The van der Waals surface area contributed by atoms with Gasteiger partial charge in [0.05, 0.1) is 11.8 Å². The number of hydrogen-bond acceptors (Lipinski definition) is 4. The van der Waals surface area contributed by atoms with E-state index in [1.54, 1.807) is 18.6 Å². The quantitative estimate of drug-likeness (QED) is 0.841. The molecule has 0 aliphatic carbocycles. The summed E-state index contributed by atoms with van der Waals surface area (Å²) in [4.78, 5) is 20.1. The summed E-state index contributed by atoms with van der Waals surface area (Å²) in [7, 11) is 0. The third kappa shape index (κ3) is 3.36. The zero-order valence-electron chi connectivity index (χ0n) is 15.6. The maximum atomic E-state index is 12.7. The minimum absolute atomic E-state index is 0.131. The van der Waals surface area contributed by atoms with Gasteiger partial charge in [0.15, 0.2) is 0 Å². The molecule has 0 N–H and O–H groups in total. The van der Waals surface area contributed by atoms with Gasteiger partial charge in [-0.3, -0.25) is 9.69 Å². The van der Waals surface area contributed by atoms with Gasteiger partial charge in [-0.1, -0.05) is 0 Å². The summed E-state index contributed by atoms with van der Waals surface area (Å²) in [5.41, 5.74) is 0.686. The molecule has 0 spiro atoms. The van der Waals surface area contributed by atoms with Crippen molar-refractivity contribution in [3.05, 3.63) is 24.2 Å². The molecule has 5 nitrogen and oxygen atoms in total.